The molecule has 0 radical (unpaired) electrons. The summed E-state index contributed by atoms with van der Waals surface area (Å²) >= 11 is 0. The van der Waals surface area contributed by atoms with Crippen LogP contribution in [-0.4, -0.2) is 28.7 Å². The SMILES string of the molecule is Cn1ccnc(O[C@H]2CCCNC2)c1=O. The van der Waals surface area contributed by atoms with Gasteiger partial charge in [-0.1, -0.05) is 0 Å². The third-order valence-corrected chi connectivity index (χ3v) is 2.52. The first-order chi connectivity index (χ1) is 7.27. The minimum Gasteiger partial charge on any atom is -0.469 e. The summed E-state index contributed by atoms with van der Waals surface area (Å²) in [5.74, 6) is 0.203. The van der Waals surface area contributed by atoms with E-state index in [-0.39, 0.29) is 17.5 Å². The van der Waals surface area contributed by atoms with E-state index in [2.05, 4.69) is 10.3 Å². The summed E-state index contributed by atoms with van der Waals surface area (Å²) in [6, 6.07) is 0. The van der Waals surface area contributed by atoms with E-state index in [4.69, 9.17) is 4.74 Å². The van der Waals surface area contributed by atoms with Crippen molar-refractivity contribution in [1.82, 2.24) is 14.9 Å². The van der Waals surface area contributed by atoms with E-state index >= 15 is 0 Å². The molecule has 1 N–H and O–H groups in total. The summed E-state index contributed by atoms with van der Waals surface area (Å²) in [6.07, 6.45) is 5.33. The van der Waals surface area contributed by atoms with E-state index in [1.165, 1.54) is 4.57 Å². The van der Waals surface area contributed by atoms with Crippen LogP contribution < -0.4 is 15.6 Å². The highest BCUT2D eigenvalue weighted by atomic mass is 16.5. The van der Waals surface area contributed by atoms with Crippen LogP contribution in [0.25, 0.3) is 0 Å². The van der Waals surface area contributed by atoms with E-state index < -0.39 is 0 Å². The van der Waals surface area contributed by atoms with Gasteiger partial charge in [0.2, 0.25) is 0 Å². The monoisotopic (exact) mass is 209 g/mol. The fraction of sp³-hybridized carbons (Fsp3) is 0.600. The molecule has 0 aromatic carbocycles. The molecule has 1 aliphatic heterocycles. The number of rotatable bonds is 2. The van der Waals surface area contributed by atoms with Crippen molar-refractivity contribution < 1.29 is 4.74 Å². The Bertz CT molecular complexity index is 382. The molecule has 0 bridgehead atoms. The zero-order valence-electron chi connectivity index (χ0n) is 8.77. The van der Waals surface area contributed by atoms with Gasteiger partial charge in [0.25, 0.3) is 5.88 Å². The predicted molar refractivity (Wildman–Crippen MR) is 56.0 cm³/mol. The molecule has 0 unspecified atom stereocenters. The number of aryl methyl sites for hydroxylation is 1. The largest absolute Gasteiger partial charge is 0.469 e. The minimum atomic E-state index is -0.178. The van der Waals surface area contributed by atoms with Crippen molar-refractivity contribution in [3.8, 4) is 5.88 Å². The summed E-state index contributed by atoms with van der Waals surface area (Å²) in [5, 5.41) is 3.23. The second-order valence-corrected chi connectivity index (χ2v) is 3.73. The summed E-state index contributed by atoms with van der Waals surface area (Å²) in [6.45, 7) is 1.82. The molecule has 0 saturated carbocycles. The summed E-state index contributed by atoms with van der Waals surface area (Å²) in [4.78, 5) is 15.5. The van der Waals surface area contributed by atoms with E-state index in [1.807, 2.05) is 0 Å². The van der Waals surface area contributed by atoms with Gasteiger partial charge in [-0.2, -0.15) is 0 Å². The first-order valence-corrected chi connectivity index (χ1v) is 5.16. The van der Waals surface area contributed by atoms with Crippen molar-refractivity contribution in [2.24, 2.45) is 7.05 Å². The molecule has 0 amide bonds. The molecule has 1 aliphatic rings. The topological polar surface area (TPSA) is 56.1 Å². The summed E-state index contributed by atoms with van der Waals surface area (Å²) < 4.78 is 7.03. The van der Waals surface area contributed by atoms with Gasteiger partial charge in [-0.25, -0.2) is 4.98 Å². The Morgan fingerprint density at radius 1 is 1.67 bits per heavy atom. The first kappa shape index (κ1) is 10.2. The van der Waals surface area contributed by atoms with Crippen LogP contribution >= 0.6 is 0 Å². The van der Waals surface area contributed by atoms with Crippen molar-refractivity contribution in [2.45, 2.75) is 18.9 Å². The van der Waals surface area contributed by atoms with E-state index in [0.29, 0.717) is 0 Å². The average Bonchev–Trinajstić information content (AvgIpc) is 2.26. The maximum atomic E-state index is 11.6. The predicted octanol–water partition coefficient (Wildman–Crippen LogP) is -0.0889. The van der Waals surface area contributed by atoms with Crippen molar-refractivity contribution in [3.63, 3.8) is 0 Å². The molecule has 1 atom stereocenters. The number of nitrogens with zero attached hydrogens (tertiary/aromatic N) is 2. The molecule has 5 nitrogen and oxygen atoms in total. The lowest BCUT2D eigenvalue weighted by molar-refractivity contribution is 0.157. The number of nitrogens with one attached hydrogen (secondary N) is 1. The standard InChI is InChI=1S/C10H15N3O2/c1-13-6-5-12-9(10(13)14)15-8-3-2-4-11-7-8/h5-6,8,11H,2-4,7H2,1H3/t8-/m0/s1. The molecule has 1 saturated heterocycles. The maximum absolute atomic E-state index is 11.6. The van der Waals surface area contributed by atoms with Crippen LogP contribution in [0.15, 0.2) is 17.2 Å². The quantitative estimate of drug-likeness (QED) is 0.739. The molecule has 1 aromatic rings. The number of ether oxygens (including phenoxy) is 1. The van der Waals surface area contributed by atoms with Crippen molar-refractivity contribution in [3.05, 3.63) is 22.7 Å². The van der Waals surface area contributed by atoms with Crippen molar-refractivity contribution in [2.75, 3.05) is 13.1 Å². The highest BCUT2D eigenvalue weighted by Gasteiger charge is 2.16. The lowest BCUT2D eigenvalue weighted by Gasteiger charge is -2.22. The van der Waals surface area contributed by atoms with Crippen LogP contribution in [0.3, 0.4) is 0 Å². The third-order valence-electron chi connectivity index (χ3n) is 2.52. The minimum absolute atomic E-state index is 0.0707. The average molecular weight is 209 g/mol. The number of aromatic nitrogens is 2. The van der Waals surface area contributed by atoms with Gasteiger partial charge in [0.05, 0.1) is 0 Å². The molecule has 82 valence electrons. The van der Waals surface area contributed by atoms with Crippen LogP contribution in [0.5, 0.6) is 5.88 Å². The van der Waals surface area contributed by atoms with Gasteiger partial charge >= 0.3 is 5.56 Å². The Morgan fingerprint density at radius 2 is 2.53 bits per heavy atom. The molecule has 1 fully saturated rings. The van der Waals surface area contributed by atoms with Gasteiger partial charge in [-0.05, 0) is 19.4 Å². The molecular formula is C10H15N3O2. The second-order valence-electron chi connectivity index (χ2n) is 3.73. The van der Waals surface area contributed by atoms with Crippen LogP contribution in [0.4, 0.5) is 0 Å². The van der Waals surface area contributed by atoms with Gasteiger partial charge in [0, 0.05) is 26.0 Å². The third kappa shape index (κ3) is 2.36. The molecular weight excluding hydrogens is 194 g/mol. The Morgan fingerprint density at radius 3 is 3.27 bits per heavy atom. The number of hydrogen-bond acceptors (Lipinski definition) is 4. The van der Waals surface area contributed by atoms with Crippen LogP contribution in [-0.2, 0) is 7.05 Å². The lowest BCUT2D eigenvalue weighted by atomic mass is 10.1. The highest BCUT2D eigenvalue weighted by molar-refractivity contribution is 5.04. The highest BCUT2D eigenvalue weighted by Crippen LogP contribution is 2.08. The molecule has 2 rings (SSSR count). The van der Waals surface area contributed by atoms with E-state index in [9.17, 15) is 4.79 Å². The summed E-state index contributed by atoms with van der Waals surface area (Å²) in [5.41, 5.74) is -0.178. The fourth-order valence-corrected chi connectivity index (χ4v) is 1.63. The molecule has 2 heterocycles. The Hall–Kier alpha value is -1.36. The number of piperidine rings is 1. The van der Waals surface area contributed by atoms with Gasteiger partial charge in [0.1, 0.15) is 6.10 Å². The van der Waals surface area contributed by atoms with Gasteiger partial charge in [-0.15, -0.1) is 0 Å². The first-order valence-electron chi connectivity index (χ1n) is 5.16. The molecule has 0 aliphatic carbocycles. The number of hydrogen-bond donors (Lipinski definition) is 1. The van der Waals surface area contributed by atoms with Gasteiger partial charge in [-0.3, -0.25) is 4.79 Å². The maximum Gasteiger partial charge on any atom is 0.313 e. The van der Waals surface area contributed by atoms with Crippen molar-refractivity contribution in [1.29, 1.82) is 0 Å². The van der Waals surface area contributed by atoms with Gasteiger partial charge < -0.3 is 14.6 Å². The van der Waals surface area contributed by atoms with Crippen molar-refractivity contribution >= 4 is 0 Å². The Labute approximate surface area is 88.1 Å². The van der Waals surface area contributed by atoms with Crippen LogP contribution in [0, 0.1) is 0 Å². The normalized spacial score (nSPS) is 21.3. The Kier molecular flexibility index (Phi) is 3.01. The van der Waals surface area contributed by atoms with E-state index in [0.717, 1.165) is 25.9 Å². The zero-order valence-corrected chi connectivity index (χ0v) is 8.77. The fourth-order valence-electron chi connectivity index (χ4n) is 1.63. The van der Waals surface area contributed by atoms with Crippen LogP contribution in [0.1, 0.15) is 12.8 Å². The lowest BCUT2D eigenvalue weighted by Crippen LogP contribution is -2.38. The van der Waals surface area contributed by atoms with Gasteiger partial charge in [0.15, 0.2) is 0 Å². The Balaban J connectivity index is 2.09. The second kappa shape index (κ2) is 4.44. The van der Waals surface area contributed by atoms with E-state index in [1.54, 1.807) is 19.4 Å². The summed E-state index contributed by atoms with van der Waals surface area (Å²) in [7, 11) is 1.69. The van der Waals surface area contributed by atoms with Crippen LogP contribution in [0.2, 0.25) is 0 Å². The molecule has 5 heteroatoms. The molecule has 0 spiro atoms. The molecule has 1 aromatic heterocycles. The zero-order chi connectivity index (χ0) is 10.7. The smallest absolute Gasteiger partial charge is 0.313 e. The molecule has 15 heavy (non-hydrogen) atoms.